The summed E-state index contributed by atoms with van der Waals surface area (Å²) < 4.78 is 11.6. The summed E-state index contributed by atoms with van der Waals surface area (Å²) in [6.45, 7) is 1.26. The molecule has 7 heavy (non-hydrogen) atoms. The maximum atomic E-state index is 11.6. The molecule has 0 N–H and O–H groups in total. The van der Waals surface area contributed by atoms with Crippen molar-refractivity contribution in [1.82, 2.24) is 4.90 Å². The van der Waals surface area contributed by atoms with Crippen molar-refractivity contribution in [3.05, 3.63) is 12.2 Å². The Kier molecular flexibility index (Phi) is 1.42. The third-order valence-corrected chi connectivity index (χ3v) is 1.06. The van der Waals surface area contributed by atoms with Gasteiger partial charge in [0.15, 0.2) is 0 Å². The molecule has 1 aliphatic heterocycles. The van der Waals surface area contributed by atoms with E-state index >= 15 is 0 Å². The topological polar surface area (TPSA) is 3.24 Å². The van der Waals surface area contributed by atoms with Crippen molar-refractivity contribution < 1.29 is 4.39 Å². The van der Waals surface area contributed by atoms with Crippen molar-refractivity contribution in [2.45, 2.75) is 0 Å². The molecule has 1 rings (SSSR count). The highest BCUT2D eigenvalue weighted by atomic mass is 19.1. The maximum Gasteiger partial charge on any atom is 0.143 e. The average Bonchev–Trinajstić information content (AvgIpc) is 2.14. The average molecular weight is 101 g/mol. The van der Waals surface area contributed by atoms with Crippen molar-refractivity contribution in [2.24, 2.45) is 0 Å². The van der Waals surface area contributed by atoms with Gasteiger partial charge in [-0.15, -0.1) is 0 Å². The molecule has 0 aliphatic carbocycles. The summed E-state index contributed by atoms with van der Waals surface area (Å²) in [7, 11) is 0. The first-order valence-corrected chi connectivity index (χ1v) is 2.37. The van der Waals surface area contributed by atoms with E-state index in [4.69, 9.17) is 0 Å². The van der Waals surface area contributed by atoms with Gasteiger partial charge in [0.2, 0.25) is 0 Å². The van der Waals surface area contributed by atoms with Gasteiger partial charge in [-0.2, -0.15) is 0 Å². The zero-order chi connectivity index (χ0) is 5.11. The predicted molar refractivity (Wildman–Crippen MR) is 26.7 cm³/mol. The van der Waals surface area contributed by atoms with Crippen molar-refractivity contribution >= 4 is 0 Å². The van der Waals surface area contributed by atoms with E-state index in [1.54, 1.807) is 4.90 Å². The molecule has 2 heteroatoms. The Balaban J connectivity index is 2.22. The molecule has 0 spiro atoms. The molecule has 0 atom stereocenters. The second-order valence-corrected chi connectivity index (χ2v) is 1.63. The monoisotopic (exact) mass is 101 g/mol. The number of nitrogens with zero attached hydrogens (tertiary/aromatic N) is 1. The van der Waals surface area contributed by atoms with Crippen LogP contribution in [0.15, 0.2) is 12.2 Å². The molecule has 0 saturated heterocycles. The molecule has 0 fully saturated rings. The highest BCUT2D eigenvalue weighted by molar-refractivity contribution is 4.94. The summed E-state index contributed by atoms with van der Waals surface area (Å²) in [6, 6.07) is 0. The van der Waals surface area contributed by atoms with E-state index in [0.29, 0.717) is 0 Å². The van der Waals surface area contributed by atoms with Gasteiger partial charge in [-0.1, -0.05) is 12.2 Å². The molecule has 40 valence electrons. The summed E-state index contributed by atoms with van der Waals surface area (Å²) in [5, 5.41) is 0. The van der Waals surface area contributed by atoms with Crippen molar-refractivity contribution in [2.75, 3.05) is 19.9 Å². The number of hydrogen-bond donors (Lipinski definition) is 0. The van der Waals surface area contributed by atoms with E-state index in [2.05, 4.69) is 0 Å². The minimum absolute atomic E-state index is 0.312. The third-order valence-electron chi connectivity index (χ3n) is 1.06. The predicted octanol–water partition coefficient (Wildman–Crippen LogP) is 0.785. The molecule has 0 saturated carbocycles. The first kappa shape index (κ1) is 4.78. The van der Waals surface area contributed by atoms with Gasteiger partial charge in [0, 0.05) is 13.1 Å². The molecular formula is C5H8FN. The summed E-state index contributed by atoms with van der Waals surface area (Å²) in [5.41, 5.74) is 0. The van der Waals surface area contributed by atoms with Crippen LogP contribution in [0.1, 0.15) is 0 Å². The number of halogens is 1. The standard InChI is InChI=1S/C5H8FN/c6-5-7-3-1-2-4-7/h1-2H,3-5H2. The highest BCUT2D eigenvalue weighted by Gasteiger charge is 2.02. The summed E-state index contributed by atoms with van der Waals surface area (Å²) in [6.07, 6.45) is 3.94. The van der Waals surface area contributed by atoms with Gasteiger partial charge in [-0.25, -0.2) is 4.39 Å². The number of hydrogen-bond acceptors (Lipinski definition) is 1. The fourth-order valence-corrected chi connectivity index (χ4v) is 0.619. The SMILES string of the molecule is FCN1CC=CC1. The molecule has 1 nitrogen and oxygen atoms in total. The van der Waals surface area contributed by atoms with Crippen LogP contribution in [0.2, 0.25) is 0 Å². The molecule has 0 radical (unpaired) electrons. The molecule has 0 amide bonds. The minimum atomic E-state index is -0.312. The molecular weight excluding hydrogens is 93.1 g/mol. The fourth-order valence-electron chi connectivity index (χ4n) is 0.619. The van der Waals surface area contributed by atoms with Crippen LogP contribution in [0, 0.1) is 0 Å². The van der Waals surface area contributed by atoms with E-state index in [9.17, 15) is 4.39 Å². The van der Waals surface area contributed by atoms with E-state index in [1.807, 2.05) is 12.2 Å². The normalized spacial score (nSPS) is 21.3. The second-order valence-electron chi connectivity index (χ2n) is 1.63. The molecule has 0 aromatic heterocycles. The van der Waals surface area contributed by atoms with Gasteiger partial charge in [0.05, 0.1) is 0 Å². The van der Waals surface area contributed by atoms with E-state index in [0.717, 1.165) is 13.1 Å². The summed E-state index contributed by atoms with van der Waals surface area (Å²) in [5.74, 6) is 0. The lowest BCUT2D eigenvalue weighted by Gasteiger charge is -2.05. The van der Waals surface area contributed by atoms with Gasteiger partial charge in [-0.05, 0) is 0 Å². The van der Waals surface area contributed by atoms with E-state index in [1.165, 1.54) is 0 Å². The van der Waals surface area contributed by atoms with Crippen LogP contribution in [0.4, 0.5) is 4.39 Å². The van der Waals surface area contributed by atoms with E-state index < -0.39 is 0 Å². The maximum absolute atomic E-state index is 11.6. The summed E-state index contributed by atoms with van der Waals surface area (Å²) in [4.78, 5) is 1.71. The fraction of sp³-hybridized carbons (Fsp3) is 0.600. The van der Waals surface area contributed by atoms with Crippen LogP contribution in [-0.2, 0) is 0 Å². The number of rotatable bonds is 1. The Bertz CT molecular complexity index is 72.1. The molecule has 0 bridgehead atoms. The van der Waals surface area contributed by atoms with Crippen LogP contribution in [-0.4, -0.2) is 24.8 Å². The molecule has 1 aliphatic rings. The van der Waals surface area contributed by atoms with Crippen LogP contribution in [0.25, 0.3) is 0 Å². The first-order valence-electron chi connectivity index (χ1n) is 2.37. The first-order chi connectivity index (χ1) is 3.43. The van der Waals surface area contributed by atoms with Crippen molar-refractivity contribution in [1.29, 1.82) is 0 Å². The van der Waals surface area contributed by atoms with Gasteiger partial charge < -0.3 is 0 Å². The lowest BCUT2D eigenvalue weighted by atomic mass is 10.6. The van der Waals surface area contributed by atoms with Crippen molar-refractivity contribution in [3.63, 3.8) is 0 Å². The Hall–Kier alpha value is -0.370. The molecule has 0 unspecified atom stereocenters. The lowest BCUT2D eigenvalue weighted by molar-refractivity contribution is 0.233. The zero-order valence-corrected chi connectivity index (χ0v) is 4.10. The van der Waals surface area contributed by atoms with E-state index in [-0.39, 0.29) is 6.80 Å². The number of alkyl halides is 1. The van der Waals surface area contributed by atoms with Crippen LogP contribution in [0.3, 0.4) is 0 Å². The largest absolute Gasteiger partial charge is 0.269 e. The quantitative estimate of drug-likeness (QED) is 0.348. The second kappa shape index (κ2) is 2.07. The van der Waals surface area contributed by atoms with Gasteiger partial charge in [0.25, 0.3) is 0 Å². The van der Waals surface area contributed by atoms with Crippen LogP contribution in [0.5, 0.6) is 0 Å². The van der Waals surface area contributed by atoms with Gasteiger partial charge in [-0.3, -0.25) is 4.90 Å². The Morgan fingerprint density at radius 1 is 1.43 bits per heavy atom. The van der Waals surface area contributed by atoms with Gasteiger partial charge >= 0.3 is 0 Å². The highest BCUT2D eigenvalue weighted by Crippen LogP contribution is 1.96. The van der Waals surface area contributed by atoms with Crippen LogP contribution < -0.4 is 0 Å². The van der Waals surface area contributed by atoms with Crippen LogP contribution >= 0.6 is 0 Å². The molecule has 1 heterocycles. The van der Waals surface area contributed by atoms with Gasteiger partial charge in [0.1, 0.15) is 6.80 Å². The van der Waals surface area contributed by atoms with Crippen molar-refractivity contribution in [3.8, 4) is 0 Å². The minimum Gasteiger partial charge on any atom is -0.269 e. The Labute approximate surface area is 42.4 Å². The molecule has 0 aromatic carbocycles. The lowest BCUT2D eigenvalue weighted by Crippen LogP contribution is -2.17. The molecule has 0 aromatic rings. The smallest absolute Gasteiger partial charge is 0.143 e. The zero-order valence-electron chi connectivity index (χ0n) is 4.10. The Morgan fingerprint density at radius 3 is 2.29 bits per heavy atom. The third kappa shape index (κ3) is 0.996. The summed E-state index contributed by atoms with van der Waals surface area (Å²) >= 11 is 0. The Morgan fingerprint density at radius 2 is 2.00 bits per heavy atom.